The first-order valence-electron chi connectivity index (χ1n) is 7.55. The quantitative estimate of drug-likeness (QED) is 0.836. The van der Waals surface area contributed by atoms with Crippen LogP contribution in [0.1, 0.15) is 36.0 Å². The van der Waals surface area contributed by atoms with Crippen LogP contribution >= 0.6 is 0 Å². The van der Waals surface area contributed by atoms with Gasteiger partial charge in [-0.25, -0.2) is 8.42 Å². The van der Waals surface area contributed by atoms with Crippen LogP contribution < -0.4 is 0 Å². The van der Waals surface area contributed by atoms with Crippen molar-refractivity contribution in [1.82, 2.24) is 0 Å². The summed E-state index contributed by atoms with van der Waals surface area (Å²) in [6, 6.07) is 15.8. The lowest BCUT2D eigenvalue weighted by molar-refractivity contribution is 0.602. The first-order valence-corrected chi connectivity index (χ1v) is 9.44. The molecule has 3 heteroatoms. The smallest absolute Gasteiger partial charge is 0.175 e. The summed E-state index contributed by atoms with van der Waals surface area (Å²) in [6.45, 7) is 2.14. The maximum atomic E-state index is 11.6. The van der Waals surface area contributed by atoms with Gasteiger partial charge in [0.1, 0.15) is 0 Å². The zero-order valence-corrected chi connectivity index (χ0v) is 13.8. The Labute approximate surface area is 132 Å². The van der Waals surface area contributed by atoms with Crippen LogP contribution in [0.3, 0.4) is 0 Å². The van der Waals surface area contributed by atoms with Crippen molar-refractivity contribution < 1.29 is 8.42 Å². The van der Waals surface area contributed by atoms with Gasteiger partial charge in [-0.05, 0) is 66.2 Å². The molecule has 2 nitrogen and oxygen atoms in total. The molecule has 0 radical (unpaired) electrons. The third-order valence-corrected chi connectivity index (χ3v) is 5.45. The number of allylic oxidation sites excluding steroid dienone is 2. The van der Waals surface area contributed by atoms with Gasteiger partial charge in [-0.2, -0.15) is 0 Å². The molecule has 0 fully saturated rings. The molecule has 22 heavy (non-hydrogen) atoms. The molecule has 0 N–H and O–H groups in total. The molecule has 2 aromatic rings. The zero-order valence-electron chi connectivity index (χ0n) is 13.0. The predicted octanol–water partition coefficient (Wildman–Crippen LogP) is 4.49. The molecule has 0 bridgehead atoms. The van der Waals surface area contributed by atoms with Gasteiger partial charge >= 0.3 is 0 Å². The van der Waals surface area contributed by atoms with E-state index in [1.807, 2.05) is 12.1 Å². The molecule has 0 spiro atoms. The lowest BCUT2D eigenvalue weighted by Crippen LogP contribution is -1.97. The van der Waals surface area contributed by atoms with E-state index in [-0.39, 0.29) is 0 Å². The summed E-state index contributed by atoms with van der Waals surface area (Å²) in [4.78, 5) is 0.382. The van der Waals surface area contributed by atoms with Crippen LogP contribution in [0, 0.1) is 6.92 Å². The Bertz CT molecular complexity index is 828. The standard InChI is InChI=1S/C19H20O2S/c1-14-6-3-4-7-17(14)19-9-5-8-18(19)15-10-12-16(13-11-15)22(2,20)21/h3-4,6-7,10-13H,5,8-9H2,1-2H3. The van der Waals surface area contributed by atoms with E-state index in [1.54, 1.807) is 12.1 Å². The fraction of sp³-hybridized carbons (Fsp3) is 0.263. The minimum atomic E-state index is -3.13. The maximum Gasteiger partial charge on any atom is 0.175 e. The first-order chi connectivity index (χ1) is 10.5. The molecule has 0 aromatic heterocycles. The monoisotopic (exact) mass is 312 g/mol. The molecular formula is C19H20O2S. The highest BCUT2D eigenvalue weighted by Gasteiger charge is 2.19. The normalized spacial score (nSPS) is 15.4. The van der Waals surface area contributed by atoms with Gasteiger partial charge in [0.2, 0.25) is 0 Å². The second kappa shape index (κ2) is 5.73. The van der Waals surface area contributed by atoms with Gasteiger partial charge in [0.25, 0.3) is 0 Å². The molecule has 0 atom stereocenters. The molecule has 0 amide bonds. The molecule has 0 unspecified atom stereocenters. The Balaban J connectivity index is 2.06. The van der Waals surface area contributed by atoms with Crippen molar-refractivity contribution in [2.45, 2.75) is 31.1 Å². The highest BCUT2D eigenvalue weighted by atomic mass is 32.2. The summed E-state index contributed by atoms with van der Waals surface area (Å²) >= 11 is 0. The summed E-state index contributed by atoms with van der Waals surface area (Å²) < 4.78 is 23.2. The van der Waals surface area contributed by atoms with Crippen molar-refractivity contribution in [3.05, 3.63) is 65.2 Å². The van der Waals surface area contributed by atoms with E-state index >= 15 is 0 Å². The molecular weight excluding hydrogens is 292 g/mol. The first kappa shape index (κ1) is 15.0. The van der Waals surface area contributed by atoms with Crippen molar-refractivity contribution in [1.29, 1.82) is 0 Å². The number of rotatable bonds is 3. The fourth-order valence-corrected chi connectivity index (χ4v) is 3.80. The largest absolute Gasteiger partial charge is 0.224 e. The van der Waals surface area contributed by atoms with Gasteiger partial charge in [0.05, 0.1) is 4.90 Å². The van der Waals surface area contributed by atoms with Gasteiger partial charge in [0.15, 0.2) is 9.84 Å². The Morgan fingerprint density at radius 2 is 1.50 bits per heavy atom. The van der Waals surface area contributed by atoms with E-state index in [9.17, 15) is 8.42 Å². The number of benzene rings is 2. The molecule has 0 heterocycles. The van der Waals surface area contributed by atoms with Gasteiger partial charge in [-0.3, -0.25) is 0 Å². The fourth-order valence-electron chi connectivity index (χ4n) is 3.17. The van der Waals surface area contributed by atoms with E-state index < -0.39 is 9.84 Å². The van der Waals surface area contributed by atoms with E-state index in [4.69, 9.17) is 0 Å². The van der Waals surface area contributed by atoms with Crippen LogP contribution in [0.25, 0.3) is 11.1 Å². The van der Waals surface area contributed by atoms with E-state index in [0.717, 1.165) is 24.8 Å². The average Bonchev–Trinajstić information content (AvgIpc) is 2.96. The number of hydrogen-bond acceptors (Lipinski definition) is 2. The highest BCUT2D eigenvalue weighted by Crippen LogP contribution is 2.40. The van der Waals surface area contributed by atoms with Gasteiger partial charge < -0.3 is 0 Å². The van der Waals surface area contributed by atoms with Gasteiger partial charge in [-0.1, -0.05) is 36.4 Å². The van der Waals surface area contributed by atoms with Crippen LogP contribution in [0.5, 0.6) is 0 Å². The van der Waals surface area contributed by atoms with Crippen molar-refractivity contribution in [2.75, 3.05) is 6.26 Å². The zero-order chi connectivity index (χ0) is 15.7. The van der Waals surface area contributed by atoms with Crippen molar-refractivity contribution in [3.63, 3.8) is 0 Å². The summed E-state index contributed by atoms with van der Waals surface area (Å²) in [7, 11) is -3.13. The van der Waals surface area contributed by atoms with Crippen LogP contribution in [-0.4, -0.2) is 14.7 Å². The Kier molecular flexibility index (Phi) is 3.92. The van der Waals surface area contributed by atoms with Gasteiger partial charge in [-0.15, -0.1) is 0 Å². The van der Waals surface area contributed by atoms with Crippen LogP contribution in [0.4, 0.5) is 0 Å². The Hall–Kier alpha value is -1.87. The summed E-state index contributed by atoms with van der Waals surface area (Å²) in [5.41, 5.74) is 6.52. The maximum absolute atomic E-state index is 11.6. The number of aryl methyl sites for hydroxylation is 1. The molecule has 114 valence electrons. The minimum Gasteiger partial charge on any atom is -0.224 e. The molecule has 0 aliphatic heterocycles. The SMILES string of the molecule is Cc1ccccc1C1=C(c2ccc(S(C)(=O)=O)cc2)CCC1. The predicted molar refractivity (Wildman–Crippen MR) is 91.4 cm³/mol. The number of sulfone groups is 1. The third-order valence-electron chi connectivity index (χ3n) is 4.32. The average molecular weight is 312 g/mol. The summed E-state index contributed by atoms with van der Waals surface area (Å²) in [5.74, 6) is 0. The molecule has 1 aliphatic carbocycles. The van der Waals surface area contributed by atoms with Crippen LogP contribution in [0.2, 0.25) is 0 Å². The number of hydrogen-bond donors (Lipinski definition) is 0. The molecule has 1 aliphatic rings. The van der Waals surface area contributed by atoms with E-state index in [2.05, 4.69) is 31.2 Å². The third kappa shape index (κ3) is 2.86. The molecule has 2 aromatic carbocycles. The molecule has 3 rings (SSSR count). The molecule has 0 saturated carbocycles. The van der Waals surface area contributed by atoms with Crippen molar-refractivity contribution >= 4 is 21.0 Å². The van der Waals surface area contributed by atoms with Crippen molar-refractivity contribution in [2.24, 2.45) is 0 Å². The lowest BCUT2D eigenvalue weighted by Gasteiger charge is -2.11. The highest BCUT2D eigenvalue weighted by molar-refractivity contribution is 7.90. The minimum absolute atomic E-state index is 0.382. The molecule has 0 saturated heterocycles. The summed E-state index contributed by atoms with van der Waals surface area (Å²) in [6.07, 6.45) is 4.55. The van der Waals surface area contributed by atoms with Gasteiger partial charge in [0, 0.05) is 6.26 Å². The Morgan fingerprint density at radius 1 is 0.864 bits per heavy atom. The topological polar surface area (TPSA) is 34.1 Å². The van der Waals surface area contributed by atoms with E-state index in [0.29, 0.717) is 4.90 Å². The van der Waals surface area contributed by atoms with Crippen LogP contribution in [-0.2, 0) is 9.84 Å². The summed E-state index contributed by atoms with van der Waals surface area (Å²) in [5, 5.41) is 0. The second-order valence-electron chi connectivity index (χ2n) is 5.92. The Morgan fingerprint density at radius 3 is 2.14 bits per heavy atom. The van der Waals surface area contributed by atoms with E-state index in [1.165, 1.54) is 28.5 Å². The van der Waals surface area contributed by atoms with Crippen molar-refractivity contribution in [3.8, 4) is 0 Å². The lowest BCUT2D eigenvalue weighted by atomic mass is 9.94. The second-order valence-corrected chi connectivity index (χ2v) is 7.94. The van der Waals surface area contributed by atoms with Crippen LogP contribution in [0.15, 0.2) is 53.4 Å².